The zero-order valence-corrected chi connectivity index (χ0v) is 23.3. The number of piperazine rings is 1. The van der Waals surface area contributed by atoms with Gasteiger partial charge in [-0.05, 0) is 45.2 Å². The summed E-state index contributed by atoms with van der Waals surface area (Å²) >= 11 is 1.73. The maximum absolute atomic E-state index is 13.7. The monoisotopic (exact) mass is 554 g/mol. The number of aliphatic hydroxyl groups excluding tert-OH is 1. The van der Waals surface area contributed by atoms with Crippen molar-refractivity contribution in [2.45, 2.75) is 38.4 Å². The van der Waals surface area contributed by atoms with Gasteiger partial charge in [-0.2, -0.15) is 0 Å². The minimum Gasteiger partial charge on any atom is -0.459 e. The second kappa shape index (κ2) is 12.4. The molecule has 0 bridgehead atoms. The quantitative estimate of drug-likeness (QED) is 0.304. The van der Waals surface area contributed by atoms with Gasteiger partial charge in [0, 0.05) is 49.8 Å². The molecule has 7 heteroatoms. The van der Waals surface area contributed by atoms with Crippen molar-refractivity contribution >= 4 is 27.3 Å². The normalized spacial score (nSPS) is 19.8. The number of carbonyl (C=O) groups is 1. The van der Waals surface area contributed by atoms with E-state index >= 15 is 0 Å². The Kier molecular flexibility index (Phi) is 8.25. The summed E-state index contributed by atoms with van der Waals surface area (Å²) in [4.78, 5) is 18.0. The molecular formula is C33H34N2O4S. The summed E-state index contributed by atoms with van der Waals surface area (Å²) in [5, 5.41) is 12.8. The van der Waals surface area contributed by atoms with E-state index in [-0.39, 0.29) is 18.4 Å². The highest BCUT2D eigenvalue weighted by molar-refractivity contribution is 7.17. The van der Waals surface area contributed by atoms with E-state index in [1.54, 1.807) is 11.3 Å². The zero-order valence-electron chi connectivity index (χ0n) is 22.4. The number of benzene rings is 3. The molecule has 0 spiro atoms. The van der Waals surface area contributed by atoms with Crippen LogP contribution in [0, 0.1) is 0 Å². The lowest BCUT2D eigenvalue weighted by atomic mass is 9.92. The molecule has 206 valence electrons. The van der Waals surface area contributed by atoms with Crippen LogP contribution in [0.1, 0.15) is 34.6 Å². The van der Waals surface area contributed by atoms with Crippen molar-refractivity contribution < 1.29 is 19.4 Å². The van der Waals surface area contributed by atoms with Gasteiger partial charge in [0.1, 0.15) is 0 Å². The number of amides is 1. The Bertz CT molecular complexity index is 1460. The number of hydrogen-bond donors (Lipinski definition) is 1. The number of rotatable bonds is 8. The van der Waals surface area contributed by atoms with Crippen molar-refractivity contribution in [3.63, 3.8) is 0 Å². The van der Waals surface area contributed by atoms with Crippen molar-refractivity contribution in [1.29, 1.82) is 0 Å². The number of hydrogen-bond acceptors (Lipinski definition) is 6. The highest BCUT2D eigenvalue weighted by Crippen LogP contribution is 2.38. The number of fused-ring (bicyclic) bond motifs is 1. The number of allylic oxidation sites excluding steroid dienone is 1. The fourth-order valence-corrected chi connectivity index (χ4v) is 6.48. The van der Waals surface area contributed by atoms with Crippen LogP contribution >= 0.6 is 11.3 Å². The molecule has 0 saturated carbocycles. The first-order valence-electron chi connectivity index (χ1n) is 13.9. The third-order valence-corrected chi connectivity index (χ3v) is 8.71. The Balaban J connectivity index is 1.17. The van der Waals surface area contributed by atoms with Crippen LogP contribution in [-0.4, -0.2) is 53.3 Å². The summed E-state index contributed by atoms with van der Waals surface area (Å²) in [7, 11) is 0. The van der Waals surface area contributed by atoms with Crippen LogP contribution in [0.15, 0.2) is 96.1 Å². The fourth-order valence-electron chi connectivity index (χ4n) is 5.45. The van der Waals surface area contributed by atoms with E-state index in [0.717, 1.165) is 30.8 Å². The Morgan fingerprint density at radius 2 is 1.62 bits per heavy atom. The molecule has 2 aliphatic heterocycles. The molecule has 1 saturated heterocycles. The van der Waals surface area contributed by atoms with E-state index in [9.17, 15) is 9.90 Å². The Morgan fingerprint density at radius 3 is 2.40 bits per heavy atom. The van der Waals surface area contributed by atoms with E-state index in [4.69, 9.17) is 9.47 Å². The van der Waals surface area contributed by atoms with Crippen LogP contribution in [0.25, 0.3) is 10.1 Å². The molecule has 1 fully saturated rings. The molecule has 6 rings (SSSR count). The summed E-state index contributed by atoms with van der Waals surface area (Å²) in [5.74, 6) is 0.332. The number of thiophene rings is 1. The first-order chi connectivity index (χ1) is 19.7. The van der Waals surface area contributed by atoms with Gasteiger partial charge < -0.3 is 19.5 Å². The second-order valence-electron chi connectivity index (χ2n) is 10.4. The Labute approximate surface area is 239 Å². The van der Waals surface area contributed by atoms with Gasteiger partial charge in [0.25, 0.3) is 5.91 Å². The van der Waals surface area contributed by atoms with Crippen LogP contribution in [-0.2, 0) is 34.0 Å². The van der Waals surface area contributed by atoms with Crippen LogP contribution in [0.3, 0.4) is 0 Å². The SMILES string of the molecule is O=C(C1=C[C@H](c2csc3ccccc23)C[C@H](OCc2ccc(CO)cc2)O1)N1CCN(Cc2ccccc2)CC1. The predicted octanol–water partition coefficient (Wildman–Crippen LogP) is 5.67. The first kappa shape index (κ1) is 26.7. The van der Waals surface area contributed by atoms with Crippen LogP contribution in [0.2, 0.25) is 0 Å². The molecule has 0 unspecified atom stereocenters. The molecule has 1 aromatic heterocycles. The average Bonchev–Trinajstić information content (AvgIpc) is 3.45. The molecule has 4 aromatic rings. The van der Waals surface area contributed by atoms with Gasteiger partial charge >= 0.3 is 0 Å². The maximum atomic E-state index is 13.7. The van der Waals surface area contributed by atoms with E-state index in [2.05, 4.69) is 58.8 Å². The van der Waals surface area contributed by atoms with Crippen LogP contribution in [0.5, 0.6) is 0 Å². The Hall–Kier alpha value is -3.49. The lowest BCUT2D eigenvalue weighted by Crippen LogP contribution is -2.49. The molecule has 40 heavy (non-hydrogen) atoms. The average molecular weight is 555 g/mol. The molecule has 2 atom stereocenters. The minimum absolute atomic E-state index is 0.0138. The molecule has 3 heterocycles. The van der Waals surface area contributed by atoms with E-state index in [1.165, 1.54) is 21.2 Å². The van der Waals surface area contributed by atoms with E-state index in [1.807, 2.05) is 41.3 Å². The molecular weight excluding hydrogens is 520 g/mol. The molecule has 3 aromatic carbocycles. The standard InChI is InChI=1S/C33H34N2O4S/c36-21-25-10-12-26(13-11-25)22-38-32-19-27(29-23-40-31-9-5-4-8-28(29)31)18-30(39-32)33(37)35-16-14-34(15-17-35)20-24-6-2-1-3-7-24/h1-13,18,23,27,32,36H,14-17,19-22H2/t27-,32+/m0/s1. The lowest BCUT2D eigenvalue weighted by molar-refractivity contribution is -0.157. The maximum Gasteiger partial charge on any atom is 0.288 e. The van der Waals surface area contributed by atoms with E-state index < -0.39 is 6.29 Å². The number of nitrogens with zero attached hydrogens (tertiary/aromatic N) is 2. The van der Waals surface area contributed by atoms with Gasteiger partial charge in [0.2, 0.25) is 6.29 Å². The summed E-state index contributed by atoms with van der Waals surface area (Å²) in [6.07, 6.45) is 2.10. The van der Waals surface area contributed by atoms with E-state index in [0.29, 0.717) is 31.9 Å². The third-order valence-electron chi connectivity index (χ3n) is 7.73. The number of carbonyl (C=O) groups excluding carboxylic acids is 1. The van der Waals surface area contributed by atoms with Crippen LogP contribution < -0.4 is 0 Å². The van der Waals surface area contributed by atoms with Crippen molar-refractivity contribution in [1.82, 2.24) is 9.80 Å². The van der Waals surface area contributed by atoms with Crippen molar-refractivity contribution in [3.05, 3.63) is 118 Å². The van der Waals surface area contributed by atoms with Gasteiger partial charge in [-0.1, -0.05) is 72.8 Å². The second-order valence-corrected chi connectivity index (χ2v) is 11.4. The van der Waals surface area contributed by atoms with Crippen molar-refractivity contribution in [3.8, 4) is 0 Å². The molecule has 0 radical (unpaired) electrons. The highest BCUT2D eigenvalue weighted by atomic mass is 32.1. The largest absolute Gasteiger partial charge is 0.459 e. The summed E-state index contributed by atoms with van der Waals surface area (Å²) < 4.78 is 13.7. The Morgan fingerprint density at radius 1 is 0.900 bits per heavy atom. The number of aliphatic hydroxyl groups is 1. The first-order valence-corrected chi connectivity index (χ1v) is 14.7. The predicted molar refractivity (Wildman–Crippen MR) is 158 cm³/mol. The van der Waals surface area contributed by atoms with Crippen molar-refractivity contribution in [2.75, 3.05) is 26.2 Å². The molecule has 0 aliphatic carbocycles. The summed E-state index contributed by atoms with van der Waals surface area (Å²) in [5.41, 5.74) is 4.36. The van der Waals surface area contributed by atoms with Gasteiger partial charge in [-0.25, -0.2) is 0 Å². The van der Waals surface area contributed by atoms with Gasteiger partial charge in [0.05, 0.1) is 13.2 Å². The molecule has 6 nitrogen and oxygen atoms in total. The zero-order chi connectivity index (χ0) is 27.3. The molecule has 1 amide bonds. The lowest BCUT2D eigenvalue weighted by Gasteiger charge is -2.36. The third kappa shape index (κ3) is 6.13. The molecule has 1 N–H and O–H groups in total. The van der Waals surface area contributed by atoms with Gasteiger partial charge in [0.15, 0.2) is 5.76 Å². The summed E-state index contributed by atoms with van der Waals surface area (Å²) in [6, 6.07) is 26.6. The highest BCUT2D eigenvalue weighted by Gasteiger charge is 2.33. The smallest absolute Gasteiger partial charge is 0.288 e. The number of ether oxygens (including phenoxy) is 2. The summed E-state index contributed by atoms with van der Waals surface area (Å²) in [6.45, 7) is 4.27. The minimum atomic E-state index is -0.537. The fraction of sp³-hybridized carbons (Fsp3) is 0.303. The van der Waals surface area contributed by atoms with Crippen molar-refractivity contribution in [2.24, 2.45) is 0 Å². The van der Waals surface area contributed by atoms with Crippen LogP contribution in [0.4, 0.5) is 0 Å². The van der Waals surface area contributed by atoms with Gasteiger partial charge in [-0.15, -0.1) is 11.3 Å². The van der Waals surface area contributed by atoms with Gasteiger partial charge in [-0.3, -0.25) is 9.69 Å². The topological polar surface area (TPSA) is 62.2 Å². The molecule has 2 aliphatic rings.